The van der Waals surface area contributed by atoms with E-state index >= 15 is 0 Å². The van der Waals surface area contributed by atoms with Crippen molar-refractivity contribution in [2.45, 2.75) is 63.4 Å². The molecule has 2 fully saturated rings. The largest absolute Gasteiger partial charge is 0.350 e. The zero-order valence-corrected chi connectivity index (χ0v) is 23.7. The molecule has 2 heterocycles. The highest BCUT2D eigenvalue weighted by Crippen LogP contribution is 2.30. The lowest BCUT2D eigenvalue weighted by Crippen LogP contribution is -2.43. The van der Waals surface area contributed by atoms with Crippen molar-refractivity contribution in [3.05, 3.63) is 64.1 Å². The molecule has 0 spiro atoms. The number of rotatable bonds is 11. The number of carbonyl (C=O) groups is 4. The molecular formula is C29H30ClFN4O4S. The standard InChI is InChI=1S/C29H30ClFN4O4S/c1-17(36)29-21-12-18(13-24(37)25-6-3-11-40-25)7-10-23(21)35(33-29)16-27(39)34(20-8-9-20)15-26(38)32-14-19-4-2-5-22(30)28(19)31/h2,4-5,7,10,12,20,25H,3,6,8-9,11,13-16H2,1H3,(H,32,38). The van der Waals surface area contributed by atoms with Crippen LogP contribution in [0.3, 0.4) is 0 Å². The fraction of sp³-hybridized carbons (Fsp3) is 0.414. The first-order valence-electron chi connectivity index (χ1n) is 13.3. The molecule has 5 rings (SSSR count). The third-order valence-corrected chi connectivity index (χ3v) is 8.95. The molecule has 1 aliphatic heterocycles. The van der Waals surface area contributed by atoms with Gasteiger partial charge in [0.05, 0.1) is 22.3 Å². The third kappa shape index (κ3) is 6.39. The van der Waals surface area contributed by atoms with Crippen LogP contribution in [0.5, 0.6) is 0 Å². The number of nitrogens with zero attached hydrogens (tertiary/aromatic N) is 3. The van der Waals surface area contributed by atoms with Gasteiger partial charge in [-0.3, -0.25) is 23.9 Å². The van der Waals surface area contributed by atoms with Crippen LogP contribution in [-0.2, 0) is 33.9 Å². The molecular weight excluding hydrogens is 555 g/mol. The normalized spacial score (nSPS) is 16.7. The van der Waals surface area contributed by atoms with Crippen molar-refractivity contribution in [3.63, 3.8) is 0 Å². The highest BCUT2D eigenvalue weighted by atomic mass is 35.5. The van der Waals surface area contributed by atoms with Gasteiger partial charge in [0.15, 0.2) is 5.78 Å². The molecule has 1 aromatic heterocycles. The summed E-state index contributed by atoms with van der Waals surface area (Å²) in [4.78, 5) is 52.7. The minimum absolute atomic E-state index is 0.0237. The average molecular weight is 585 g/mol. The number of Topliss-reactive ketones (excluding diaryl/α,β-unsaturated/α-hetero) is 2. The second-order valence-electron chi connectivity index (χ2n) is 10.3. The Morgan fingerprint density at radius 3 is 2.67 bits per heavy atom. The number of halogens is 2. The zero-order chi connectivity index (χ0) is 28.4. The van der Waals surface area contributed by atoms with Gasteiger partial charge in [0, 0.05) is 36.9 Å². The minimum Gasteiger partial charge on any atom is -0.350 e. The molecule has 1 N–H and O–H groups in total. The molecule has 2 amide bonds. The number of benzene rings is 2. The van der Waals surface area contributed by atoms with Gasteiger partial charge in [-0.1, -0.05) is 29.8 Å². The number of ketones is 2. The Morgan fingerprint density at radius 1 is 1.18 bits per heavy atom. The molecule has 1 saturated carbocycles. The SMILES string of the molecule is CC(=O)c1nn(CC(=O)N(CC(=O)NCc2cccc(Cl)c2F)C2CC2)c2ccc(CC(=O)C3CCCS3)cc12. The lowest BCUT2D eigenvalue weighted by Gasteiger charge is -2.22. The van der Waals surface area contributed by atoms with E-state index in [-0.39, 0.29) is 64.7 Å². The first kappa shape index (κ1) is 28.3. The van der Waals surface area contributed by atoms with Crippen molar-refractivity contribution in [1.82, 2.24) is 20.0 Å². The Hall–Kier alpha value is -3.24. The summed E-state index contributed by atoms with van der Waals surface area (Å²) in [5.74, 6) is -0.350. The van der Waals surface area contributed by atoms with Gasteiger partial charge >= 0.3 is 0 Å². The van der Waals surface area contributed by atoms with Crippen molar-refractivity contribution in [1.29, 1.82) is 0 Å². The molecule has 1 saturated heterocycles. The Labute approximate surface area is 240 Å². The molecule has 0 bridgehead atoms. The molecule has 2 aliphatic rings. The van der Waals surface area contributed by atoms with Gasteiger partial charge < -0.3 is 10.2 Å². The first-order valence-corrected chi connectivity index (χ1v) is 14.8. The Kier molecular flexibility index (Phi) is 8.56. The number of nitrogens with one attached hydrogen (secondary N) is 1. The molecule has 11 heteroatoms. The van der Waals surface area contributed by atoms with Crippen molar-refractivity contribution in [3.8, 4) is 0 Å². The zero-order valence-electron chi connectivity index (χ0n) is 22.1. The lowest BCUT2D eigenvalue weighted by atomic mass is 10.0. The van der Waals surface area contributed by atoms with Gasteiger partial charge in [-0.25, -0.2) is 4.39 Å². The van der Waals surface area contributed by atoms with Crippen molar-refractivity contribution >= 4 is 57.6 Å². The molecule has 0 radical (unpaired) electrons. The fourth-order valence-corrected chi connectivity index (χ4v) is 6.39. The molecule has 40 heavy (non-hydrogen) atoms. The van der Waals surface area contributed by atoms with Crippen LogP contribution in [-0.4, -0.2) is 61.7 Å². The van der Waals surface area contributed by atoms with E-state index in [0.29, 0.717) is 17.3 Å². The Bertz CT molecular complexity index is 1480. The summed E-state index contributed by atoms with van der Waals surface area (Å²) < 4.78 is 15.7. The van der Waals surface area contributed by atoms with E-state index in [1.54, 1.807) is 23.9 Å². The lowest BCUT2D eigenvalue weighted by molar-refractivity contribution is -0.137. The summed E-state index contributed by atoms with van der Waals surface area (Å²) in [6, 6.07) is 9.97. The number of thioether (sulfide) groups is 1. The molecule has 210 valence electrons. The number of hydrogen-bond acceptors (Lipinski definition) is 6. The third-order valence-electron chi connectivity index (χ3n) is 7.23. The molecule has 2 aromatic carbocycles. The predicted octanol–water partition coefficient (Wildman–Crippen LogP) is 4.35. The number of amides is 2. The summed E-state index contributed by atoms with van der Waals surface area (Å²) >= 11 is 7.51. The molecule has 1 atom stereocenters. The summed E-state index contributed by atoms with van der Waals surface area (Å²) in [5, 5.41) is 7.70. The maximum atomic E-state index is 14.2. The van der Waals surface area contributed by atoms with Crippen molar-refractivity contribution in [2.24, 2.45) is 0 Å². The van der Waals surface area contributed by atoms with Crippen molar-refractivity contribution < 1.29 is 23.6 Å². The van der Waals surface area contributed by atoms with E-state index in [1.807, 2.05) is 12.1 Å². The van der Waals surface area contributed by atoms with E-state index in [2.05, 4.69) is 10.4 Å². The Balaban J connectivity index is 1.29. The van der Waals surface area contributed by atoms with Gasteiger partial charge in [0.1, 0.15) is 23.8 Å². The summed E-state index contributed by atoms with van der Waals surface area (Å²) in [6.07, 6.45) is 3.82. The highest BCUT2D eigenvalue weighted by Gasteiger charge is 2.34. The number of aromatic nitrogens is 2. The van der Waals surface area contributed by atoms with Crippen LogP contribution in [0.25, 0.3) is 10.9 Å². The smallest absolute Gasteiger partial charge is 0.245 e. The first-order chi connectivity index (χ1) is 19.2. The molecule has 8 nitrogen and oxygen atoms in total. The maximum Gasteiger partial charge on any atom is 0.245 e. The van der Waals surface area contributed by atoms with Crippen LogP contribution in [0, 0.1) is 5.82 Å². The Morgan fingerprint density at radius 2 is 1.98 bits per heavy atom. The van der Waals surface area contributed by atoms with Crippen LogP contribution in [0.15, 0.2) is 36.4 Å². The van der Waals surface area contributed by atoms with E-state index in [1.165, 1.54) is 28.6 Å². The molecule has 1 unspecified atom stereocenters. The van der Waals surface area contributed by atoms with Crippen LogP contribution >= 0.6 is 23.4 Å². The summed E-state index contributed by atoms with van der Waals surface area (Å²) in [7, 11) is 0. The monoisotopic (exact) mass is 584 g/mol. The second-order valence-corrected chi connectivity index (χ2v) is 12.0. The summed E-state index contributed by atoms with van der Waals surface area (Å²) in [5.41, 5.74) is 1.92. The predicted molar refractivity (Wildman–Crippen MR) is 152 cm³/mol. The fourth-order valence-electron chi connectivity index (χ4n) is 4.98. The number of fused-ring (bicyclic) bond motifs is 1. The topological polar surface area (TPSA) is 101 Å². The van der Waals surface area contributed by atoms with Crippen LogP contribution < -0.4 is 5.32 Å². The van der Waals surface area contributed by atoms with Gasteiger partial charge in [0.25, 0.3) is 0 Å². The van der Waals surface area contributed by atoms with E-state index in [0.717, 1.165) is 37.0 Å². The van der Waals surface area contributed by atoms with Gasteiger partial charge in [0.2, 0.25) is 11.8 Å². The maximum absolute atomic E-state index is 14.2. The van der Waals surface area contributed by atoms with E-state index in [9.17, 15) is 23.6 Å². The van der Waals surface area contributed by atoms with Gasteiger partial charge in [-0.2, -0.15) is 16.9 Å². The van der Waals surface area contributed by atoms with Crippen LogP contribution in [0.2, 0.25) is 5.02 Å². The average Bonchev–Trinajstić information content (AvgIpc) is 3.48. The quantitative estimate of drug-likeness (QED) is 0.336. The highest BCUT2D eigenvalue weighted by molar-refractivity contribution is 8.00. The molecule has 1 aliphatic carbocycles. The minimum atomic E-state index is -0.587. The van der Waals surface area contributed by atoms with Gasteiger partial charge in [-0.15, -0.1) is 0 Å². The summed E-state index contributed by atoms with van der Waals surface area (Å²) in [6.45, 7) is 1.06. The van der Waals surface area contributed by atoms with Crippen molar-refractivity contribution in [2.75, 3.05) is 12.3 Å². The molecule has 3 aromatic rings. The van der Waals surface area contributed by atoms with Gasteiger partial charge in [-0.05, 0) is 55.2 Å². The van der Waals surface area contributed by atoms with E-state index in [4.69, 9.17) is 11.6 Å². The van der Waals surface area contributed by atoms with E-state index < -0.39 is 11.7 Å². The number of hydrogen-bond donors (Lipinski definition) is 1. The second kappa shape index (κ2) is 12.1. The van der Waals surface area contributed by atoms with Crippen LogP contribution in [0.4, 0.5) is 4.39 Å². The van der Waals surface area contributed by atoms with Crippen LogP contribution in [0.1, 0.15) is 54.2 Å². The number of carbonyl (C=O) groups excluding carboxylic acids is 4.